The Morgan fingerprint density at radius 2 is 1.81 bits per heavy atom. The molecule has 0 amide bonds. The maximum Gasteiger partial charge on any atom is 0.490 e. The van der Waals surface area contributed by atoms with Crippen molar-refractivity contribution in [3.05, 3.63) is 75.2 Å². The van der Waals surface area contributed by atoms with Crippen molar-refractivity contribution in [2.45, 2.75) is 38.0 Å². The number of likely N-dealkylation sites (tertiary alicyclic amines) is 1. The average Bonchev–Trinajstić information content (AvgIpc) is 3.28. The third kappa shape index (κ3) is 7.28. The van der Waals surface area contributed by atoms with Crippen LogP contribution in [0.4, 0.5) is 13.2 Å². The monoisotopic (exact) mass is 525 g/mol. The molecule has 1 aliphatic rings. The van der Waals surface area contributed by atoms with Crippen LogP contribution in [0.25, 0.3) is 10.8 Å². The Labute approximate surface area is 211 Å². The molecule has 11 heteroatoms. The smallest absolute Gasteiger partial charge is 0.475 e. The van der Waals surface area contributed by atoms with Gasteiger partial charge < -0.3 is 9.84 Å². The Morgan fingerprint density at radius 1 is 1.17 bits per heavy atom. The van der Waals surface area contributed by atoms with E-state index < -0.39 is 12.1 Å². The summed E-state index contributed by atoms with van der Waals surface area (Å²) < 4.78 is 38.6. The molecular weight excluding hydrogens is 499 g/mol. The van der Waals surface area contributed by atoms with Gasteiger partial charge in [-0.1, -0.05) is 41.9 Å². The highest BCUT2D eigenvalue weighted by atomic mass is 35.5. The zero-order valence-electron chi connectivity index (χ0n) is 19.7. The highest BCUT2D eigenvalue weighted by Crippen LogP contribution is 2.21. The van der Waals surface area contributed by atoms with E-state index in [0.29, 0.717) is 30.6 Å². The SMILES string of the molecule is COCCN1CCC[C@@H]1Cn1nc(Cc2ccc(Cl)cc2)c2ccccc2c1=O.O=C(O)C(F)(F)F. The van der Waals surface area contributed by atoms with Gasteiger partial charge >= 0.3 is 12.1 Å². The van der Waals surface area contributed by atoms with Crippen LogP contribution < -0.4 is 5.56 Å². The number of carboxylic acid groups (broad SMARTS) is 1. The summed E-state index contributed by atoms with van der Waals surface area (Å²) in [4.78, 5) is 24.4. The highest BCUT2D eigenvalue weighted by Gasteiger charge is 2.38. The fourth-order valence-corrected chi connectivity index (χ4v) is 4.29. The second-order valence-electron chi connectivity index (χ2n) is 8.41. The summed E-state index contributed by atoms with van der Waals surface area (Å²) in [7, 11) is 1.73. The normalized spacial score (nSPS) is 16.1. The van der Waals surface area contributed by atoms with Gasteiger partial charge in [-0.05, 0) is 43.1 Å². The van der Waals surface area contributed by atoms with Crippen molar-refractivity contribution in [2.75, 3.05) is 26.8 Å². The van der Waals surface area contributed by atoms with Gasteiger partial charge in [0.25, 0.3) is 5.56 Å². The second kappa shape index (κ2) is 12.3. The fourth-order valence-electron chi connectivity index (χ4n) is 4.16. The molecule has 3 aromatic rings. The quantitative estimate of drug-likeness (QED) is 0.493. The number of aromatic nitrogens is 2. The van der Waals surface area contributed by atoms with Crippen LogP contribution in [-0.2, 0) is 22.5 Å². The summed E-state index contributed by atoms with van der Waals surface area (Å²) in [5.41, 5.74) is 2.03. The number of hydrogen-bond donors (Lipinski definition) is 1. The van der Waals surface area contributed by atoms with Gasteiger partial charge in [0, 0.05) is 36.5 Å². The number of rotatable bonds is 7. The van der Waals surface area contributed by atoms with Crippen LogP contribution in [0.2, 0.25) is 5.02 Å². The molecule has 1 aliphatic heterocycles. The molecule has 2 heterocycles. The number of aliphatic carboxylic acids is 1. The summed E-state index contributed by atoms with van der Waals surface area (Å²) in [5, 5.41) is 14.3. The predicted molar refractivity (Wildman–Crippen MR) is 130 cm³/mol. The molecule has 0 radical (unpaired) electrons. The lowest BCUT2D eigenvalue weighted by atomic mass is 10.0. The standard InChI is InChI=1S/C23H26ClN3O2.C2HF3O2/c1-29-14-13-26-12-4-5-19(26)16-27-23(28)21-7-3-2-6-20(21)22(25-27)15-17-8-10-18(24)11-9-17;3-2(4,5)1(6)7/h2-3,6-11,19H,4-5,12-16H2,1H3;(H,6,7)/t19-;/m1./s1. The Balaban J connectivity index is 0.000000454. The molecule has 0 bridgehead atoms. The molecule has 1 saturated heterocycles. The third-order valence-corrected chi connectivity index (χ3v) is 6.19. The number of benzene rings is 2. The summed E-state index contributed by atoms with van der Waals surface area (Å²) >= 11 is 6.03. The number of fused-ring (bicyclic) bond motifs is 1. The van der Waals surface area contributed by atoms with E-state index in [1.165, 1.54) is 0 Å². The number of carbonyl (C=O) groups is 1. The van der Waals surface area contributed by atoms with Crippen LogP contribution in [-0.4, -0.2) is 64.8 Å². The third-order valence-electron chi connectivity index (χ3n) is 5.94. The van der Waals surface area contributed by atoms with Gasteiger partial charge in [0.1, 0.15) is 0 Å². The first-order valence-corrected chi connectivity index (χ1v) is 11.7. The van der Waals surface area contributed by atoms with Crippen molar-refractivity contribution < 1.29 is 27.8 Å². The van der Waals surface area contributed by atoms with Crippen LogP contribution in [0.1, 0.15) is 24.1 Å². The van der Waals surface area contributed by atoms with Gasteiger partial charge in [-0.25, -0.2) is 9.48 Å². The molecule has 4 rings (SSSR count). The van der Waals surface area contributed by atoms with Gasteiger partial charge in [-0.15, -0.1) is 0 Å². The minimum atomic E-state index is -5.08. The number of carboxylic acids is 1. The Bertz CT molecular complexity index is 1230. The molecule has 7 nitrogen and oxygen atoms in total. The summed E-state index contributed by atoms with van der Waals surface area (Å²) in [5.74, 6) is -2.76. The minimum Gasteiger partial charge on any atom is -0.475 e. The Kier molecular flexibility index (Phi) is 9.47. The van der Waals surface area contributed by atoms with E-state index in [2.05, 4.69) is 4.90 Å². The van der Waals surface area contributed by atoms with E-state index in [1.54, 1.807) is 11.8 Å². The van der Waals surface area contributed by atoms with E-state index in [4.69, 9.17) is 31.3 Å². The van der Waals surface area contributed by atoms with Crippen molar-refractivity contribution in [2.24, 2.45) is 0 Å². The number of methoxy groups -OCH3 is 1. The number of alkyl halides is 3. The summed E-state index contributed by atoms with van der Waals surface area (Å²) in [6.07, 6.45) is -2.19. The molecule has 0 saturated carbocycles. The topological polar surface area (TPSA) is 84.7 Å². The van der Waals surface area contributed by atoms with E-state index in [0.717, 1.165) is 48.0 Å². The van der Waals surface area contributed by atoms with Crippen LogP contribution in [0.15, 0.2) is 53.3 Å². The molecule has 1 N–H and O–H groups in total. The molecular formula is C25H27ClF3N3O4. The second-order valence-corrected chi connectivity index (χ2v) is 8.85. The number of halogens is 4. The van der Waals surface area contributed by atoms with Crippen LogP contribution in [0.3, 0.4) is 0 Å². The molecule has 1 fully saturated rings. The first-order valence-electron chi connectivity index (χ1n) is 11.4. The van der Waals surface area contributed by atoms with Gasteiger partial charge in [-0.3, -0.25) is 9.69 Å². The fraction of sp³-hybridized carbons (Fsp3) is 0.400. The van der Waals surface area contributed by atoms with Crippen molar-refractivity contribution in [3.63, 3.8) is 0 Å². The van der Waals surface area contributed by atoms with Gasteiger partial charge in [0.05, 0.1) is 24.2 Å². The van der Waals surface area contributed by atoms with E-state index >= 15 is 0 Å². The van der Waals surface area contributed by atoms with Gasteiger partial charge in [0.2, 0.25) is 0 Å². The largest absolute Gasteiger partial charge is 0.490 e. The maximum absolute atomic E-state index is 13.1. The maximum atomic E-state index is 13.1. The van der Waals surface area contributed by atoms with E-state index in [1.807, 2.05) is 48.5 Å². The molecule has 0 unspecified atom stereocenters. The van der Waals surface area contributed by atoms with Gasteiger partial charge in [0.15, 0.2) is 0 Å². The summed E-state index contributed by atoms with van der Waals surface area (Å²) in [6, 6.07) is 15.9. The summed E-state index contributed by atoms with van der Waals surface area (Å²) in [6.45, 7) is 3.26. The lowest BCUT2D eigenvalue weighted by Crippen LogP contribution is -2.39. The van der Waals surface area contributed by atoms with Crippen LogP contribution in [0, 0.1) is 0 Å². The molecule has 2 aromatic carbocycles. The van der Waals surface area contributed by atoms with Crippen LogP contribution >= 0.6 is 11.6 Å². The lowest BCUT2D eigenvalue weighted by molar-refractivity contribution is -0.192. The molecule has 1 aromatic heterocycles. The van der Waals surface area contributed by atoms with Crippen molar-refractivity contribution in [1.82, 2.24) is 14.7 Å². The molecule has 0 spiro atoms. The molecule has 0 aliphatic carbocycles. The minimum absolute atomic E-state index is 0.0148. The zero-order valence-corrected chi connectivity index (χ0v) is 20.4. The van der Waals surface area contributed by atoms with Crippen LogP contribution in [0.5, 0.6) is 0 Å². The van der Waals surface area contributed by atoms with Crippen molar-refractivity contribution in [3.8, 4) is 0 Å². The first kappa shape index (κ1) is 27.6. The van der Waals surface area contributed by atoms with E-state index in [9.17, 15) is 18.0 Å². The Hall–Kier alpha value is -2.95. The first-order chi connectivity index (χ1) is 17.1. The average molecular weight is 526 g/mol. The predicted octanol–water partition coefficient (Wildman–Crippen LogP) is 4.38. The van der Waals surface area contributed by atoms with E-state index in [-0.39, 0.29) is 5.56 Å². The highest BCUT2D eigenvalue weighted by molar-refractivity contribution is 6.30. The lowest BCUT2D eigenvalue weighted by Gasteiger charge is -2.24. The Morgan fingerprint density at radius 3 is 2.42 bits per heavy atom. The van der Waals surface area contributed by atoms with Crippen molar-refractivity contribution >= 4 is 28.3 Å². The number of ether oxygens (including phenoxy) is 1. The zero-order chi connectivity index (χ0) is 26.3. The number of hydrogen-bond acceptors (Lipinski definition) is 5. The number of nitrogens with zero attached hydrogens (tertiary/aromatic N) is 3. The molecule has 1 atom stereocenters. The van der Waals surface area contributed by atoms with Crippen molar-refractivity contribution in [1.29, 1.82) is 0 Å². The van der Waals surface area contributed by atoms with Gasteiger partial charge in [-0.2, -0.15) is 18.3 Å². The molecule has 194 valence electrons. The molecule has 36 heavy (non-hydrogen) atoms.